The zero-order valence-electron chi connectivity index (χ0n) is 11.2. The SMILES string of the molecule is CCN1CCCC1CNC(=O)c1ccc(N)c(F)c1. The first-order valence-corrected chi connectivity index (χ1v) is 6.69. The van der Waals surface area contributed by atoms with E-state index in [2.05, 4.69) is 17.1 Å². The molecule has 1 saturated heterocycles. The van der Waals surface area contributed by atoms with E-state index in [1.165, 1.54) is 18.6 Å². The van der Waals surface area contributed by atoms with Crippen molar-refractivity contribution < 1.29 is 9.18 Å². The number of anilines is 1. The molecule has 1 aliphatic rings. The van der Waals surface area contributed by atoms with Gasteiger partial charge >= 0.3 is 0 Å². The van der Waals surface area contributed by atoms with Gasteiger partial charge in [0.25, 0.3) is 5.91 Å². The molecular formula is C14H20FN3O. The van der Waals surface area contributed by atoms with E-state index in [9.17, 15) is 9.18 Å². The maximum atomic E-state index is 13.3. The molecule has 1 heterocycles. The lowest BCUT2D eigenvalue weighted by Gasteiger charge is -2.22. The van der Waals surface area contributed by atoms with Crippen LogP contribution in [0.4, 0.5) is 10.1 Å². The first-order chi connectivity index (χ1) is 9.11. The fourth-order valence-electron chi connectivity index (χ4n) is 2.52. The summed E-state index contributed by atoms with van der Waals surface area (Å²) < 4.78 is 13.3. The fourth-order valence-corrected chi connectivity index (χ4v) is 2.52. The summed E-state index contributed by atoms with van der Waals surface area (Å²) in [4.78, 5) is 14.3. The van der Waals surface area contributed by atoms with E-state index in [1.807, 2.05) is 0 Å². The van der Waals surface area contributed by atoms with E-state index in [0.29, 0.717) is 18.2 Å². The quantitative estimate of drug-likeness (QED) is 0.813. The molecule has 1 atom stereocenters. The summed E-state index contributed by atoms with van der Waals surface area (Å²) in [5.41, 5.74) is 5.76. The highest BCUT2D eigenvalue weighted by atomic mass is 19.1. The van der Waals surface area contributed by atoms with Crippen molar-refractivity contribution in [1.82, 2.24) is 10.2 Å². The van der Waals surface area contributed by atoms with Crippen molar-refractivity contribution in [2.24, 2.45) is 0 Å². The number of likely N-dealkylation sites (tertiary alicyclic amines) is 1. The monoisotopic (exact) mass is 265 g/mol. The molecule has 1 fully saturated rings. The van der Waals surface area contributed by atoms with Gasteiger partial charge < -0.3 is 11.1 Å². The molecule has 0 radical (unpaired) electrons. The Balaban J connectivity index is 1.92. The second-order valence-corrected chi connectivity index (χ2v) is 4.87. The minimum atomic E-state index is -0.552. The molecular weight excluding hydrogens is 245 g/mol. The molecule has 0 saturated carbocycles. The first kappa shape index (κ1) is 13.8. The minimum Gasteiger partial charge on any atom is -0.396 e. The van der Waals surface area contributed by atoms with Crippen molar-refractivity contribution in [3.8, 4) is 0 Å². The van der Waals surface area contributed by atoms with Gasteiger partial charge in [0.05, 0.1) is 5.69 Å². The third-order valence-corrected chi connectivity index (χ3v) is 3.67. The van der Waals surface area contributed by atoms with Crippen molar-refractivity contribution >= 4 is 11.6 Å². The van der Waals surface area contributed by atoms with Gasteiger partial charge in [0.1, 0.15) is 5.82 Å². The molecule has 104 valence electrons. The van der Waals surface area contributed by atoms with E-state index < -0.39 is 5.82 Å². The third-order valence-electron chi connectivity index (χ3n) is 3.67. The van der Waals surface area contributed by atoms with Gasteiger partial charge in [-0.25, -0.2) is 4.39 Å². The highest BCUT2D eigenvalue weighted by Gasteiger charge is 2.23. The number of nitrogens with one attached hydrogen (secondary N) is 1. The first-order valence-electron chi connectivity index (χ1n) is 6.69. The lowest BCUT2D eigenvalue weighted by atomic mass is 10.1. The molecule has 0 spiro atoms. The maximum Gasteiger partial charge on any atom is 0.251 e. The Labute approximate surface area is 112 Å². The van der Waals surface area contributed by atoms with Gasteiger partial charge in [0.2, 0.25) is 0 Å². The Bertz CT molecular complexity index is 464. The predicted molar refractivity (Wildman–Crippen MR) is 73.4 cm³/mol. The summed E-state index contributed by atoms with van der Waals surface area (Å²) >= 11 is 0. The molecule has 2 rings (SSSR count). The molecule has 1 aliphatic heterocycles. The van der Waals surface area contributed by atoms with Gasteiger partial charge in [-0.2, -0.15) is 0 Å². The van der Waals surface area contributed by atoms with Crippen LogP contribution >= 0.6 is 0 Å². The van der Waals surface area contributed by atoms with E-state index >= 15 is 0 Å². The second-order valence-electron chi connectivity index (χ2n) is 4.87. The normalized spacial score (nSPS) is 19.6. The Morgan fingerprint density at radius 2 is 2.37 bits per heavy atom. The van der Waals surface area contributed by atoms with Crippen LogP contribution < -0.4 is 11.1 Å². The number of nitrogens with two attached hydrogens (primary N) is 1. The number of halogens is 1. The summed E-state index contributed by atoms with van der Waals surface area (Å²) in [5.74, 6) is -0.800. The van der Waals surface area contributed by atoms with Crippen LogP contribution in [0.2, 0.25) is 0 Å². The molecule has 1 unspecified atom stereocenters. The zero-order chi connectivity index (χ0) is 13.8. The lowest BCUT2D eigenvalue weighted by molar-refractivity contribution is 0.0941. The van der Waals surface area contributed by atoms with Gasteiger partial charge in [-0.15, -0.1) is 0 Å². The van der Waals surface area contributed by atoms with Crippen molar-refractivity contribution in [2.45, 2.75) is 25.8 Å². The van der Waals surface area contributed by atoms with Crippen molar-refractivity contribution in [2.75, 3.05) is 25.4 Å². The van der Waals surface area contributed by atoms with Gasteiger partial charge in [0, 0.05) is 18.2 Å². The standard InChI is InChI=1S/C14H20FN3O/c1-2-18-7-3-4-11(18)9-17-14(19)10-5-6-13(16)12(15)8-10/h5-6,8,11H,2-4,7,9,16H2,1H3,(H,17,19). The summed E-state index contributed by atoms with van der Waals surface area (Å²) in [6.45, 7) is 4.82. The highest BCUT2D eigenvalue weighted by molar-refractivity contribution is 5.94. The molecule has 0 aliphatic carbocycles. The van der Waals surface area contributed by atoms with Crippen LogP contribution in [0, 0.1) is 5.82 Å². The molecule has 4 nitrogen and oxygen atoms in total. The second kappa shape index (κ2) is 6.02. The largest absolute Gasteiger partial charge is 0.396 e. The molecule has 1 aromatic carbocycles. The molecule has 0 aromatic heterocycles. The van der Waals surface area contributed by atoms with Crippen LogP contribution in [0.25, 0.3) is 0 Å². The molecule has 1 aromatic rings. The molecule has 3 N–H and O–H groups in total. The van der Waals surface area contributed by atoms with Crippen molar-refractivity contribution in [3.63, 3.8) is 0 Å². The number of likely N-dealkylation sites (N-methyl/N-ethyl adjacent to an activating group) is 1. The van der Waals surface area contributed by atoms with Crippen LogP contribution in [-0.2, 0) is 0 Å². The minimum absolute atomic E-state index is 0.0597. The number of nitrogens with zero attached hydrogens (tertiary/aromatic N) is 1. The van der Waals surface area contributed by atoms with E-state index in [4.69, 9.17) is 5.73 Å². The molecule has 19 heavy (non-hydrogen) atoms. The number of hydrogen-bond acceptors (Lipinski definition) is 3. The zero-order valence-corrected chi connectivity index (χ0v) is 11.2. The average molecular weight is 265 g/mol. The smallest absolute Gasteiger partial charge is 0.251 e. The number of hydrogen-bond donors (Lipinski definition) is 2. The summed E-state index contributed by atoms with van der Waals surface area (Å²) in [5, 5.41) is 2.86. The molecule has 5 heteroatoms. The van der Waals surface area contributed by atoms with Crippen molar-refractivity contribution in [1.29, 1.82) is 0 Å². The summed E-state index contributed by atoms with van der Waals surface area (Å²) in [6, 6.07) is 4.53. The summed E-state index contributed by atoms with van der Waals surface area (Å²) in [6.07, 6.45) is 2.27. The average Bonchev–Trinajstić information content (AvgIpc) is 2.86. The Hall–Kier alpha value is -1.62. The van der Waals surface area contributed by atoms with Crippen LogP contribution in [0.1, 0.15) is 30.1 Å². The van der Waals surface area contributed by atoms with Gasteiger partial charge in [-0.1, -0.05) is 6.92 Å². The van der Waals surface area contributed by atoms with Gasteiger partial charge in [0.15, 0.2) is 0 Å². The van der Waals surface area contributed by atoms with E-state index in [-0.39, 0.29) is 11.6 Å². The Morgan fingerprint density at radius 3 is 3.05 bits per heavy atom. The van der Waals surface area contributed by atoms with E-state index in [0.717, 1.165) is 19.5 Å². The van der Waals surface area contributed by atoms with Gasteiger partial charge in [-0.3, -0.25) is 9.69 Å². The van der Waals surface area contributed by atoms with Crippen LogP contribution in [0.3, 0.4) is 0 Å². The maximum absolute atomic E-state index is 13.3. The number of benzene rings is 1. The highest BCUT2D eigenvalue weighted by Crippen LogP contribution is 2.16. The molecule has 0 bridgehead atoms. The number of carbonyl (C=O) groups is 1. The third kappa shape index (κ3) is 3.23. The van der Waals surface area contributed by atoms with Gasteiger partial charge in [-0.05, 0) is 44.1 Å². The summed E-state index contributed by atoms with van der Waals surface area (Å²) in [7, 11) is 0. The topological polar surface area (TPSA) is 58.4 Å². The van der Waals surface area contributed by atoms with Crippen LogP contribution in [-0.4, -0.2) is 36.5 Å². The number of nitrogen functional groups attached to an aromatic ring is 1. The molecule has 1 amide bonds. The number of amides is 1. The van der Waals surface area contributed by atoms with E-state index in [1.54, 1.807) is 6.07 Å². The van der Waals surface area contributed by atoms with Crippen LogP contribution in [0.5, 0.6) is 0 Å². The predicted octanol–water partition coefficient (Wildman–Crippen LogP) is 1.62. The lowest BCUT2D eigenvalue weighted by Crippen LogP contribution is -2.40. The fraction of sp³-hybridized carbons (Fsp3) is 0.500. The van der Waals surface area contributed by atoms with Crippen molar-refractivity contribution in [3.05, 3.63) is 29.6 Å². The number of rotatable bonds is 4. The number of carbonyl (C=O) groups excluding carboxylic acids is 1. The Morgan fingerprint density at radius 1 is 1.58 bits per heavy atom. The Kier molecular flexibility index (Phi) is 4.37. The van der Waals surface area contributed by atoms with Crippen LogP contribution in [0.15, 0.2) is 18.2 Å².